The second-order valence-corrected chi connectivity index (χ2v) is 12.8. The summed E-state index contributed by atoms with van der Waals surface area (Å²) in [7, 11) is 1.85. The normalized spacial score (nSPS) is 12.0. The fourth-order valence-electron chi connectivity index (χ4n) is 4.38. The molecule has 0 saturated carbocycles. The standard InChI is InChI=1S/C26H56O2Si/c1-5-7-9-11-12-13-14-15-16-17-18-19-20-21-22-24-26-29(27-3,28-4)25-23-10-8-6-2/h5-26H2,1-4H3. The van der Waals surface area contributed by atoms with Crippen LogP contribution in [0.1, 0.15) is 142 Å². The number of unbranched alkanes of at least 4 members (excludes halogenated alkanes) is 18. The van der Waals surface area contributed by atoms with E-state index >= 15 is 0 Å². The minimum absolute atomic E-state index is 1.18. The van der Waals surface area contributed by atoms with E-state index in [1.165, 1.54) is 141 Å². The van der Waals surface area contributed by atoms with E-state index in [0.717, 1.165) is 0 Å². The highest BCUT2D eigenvalue weighted by atomic mass is 28.4. The summed E-state index contributed by atoms with van der Waals surface area (Å²) < 4.78 is 11.8. The zero-order valence-corrected chi connectivity index (χ0v) is 21.9. The molecule has 0 rings (SSSR count). The van der Waals surface area contributed by atoms with Crippen molar-refractivity contribution in [2.75, 3.05) is 14.2 Å². The molecule has 0 unspecified atom stereocenters. The van der Waals surface area contributed by atoms with Crippen molar-refractivity contribution in [2.45, 2.75) is 154 Å². The molecule has 0 aromatic carbocycles. The molecule has 3 heteroatoms. The van der Waals surface area contributed by atoms with E-state index in [2.05, 4.69) is 13.8 Å². The zero-order valence-electron chi connectivity index (χ0n) is 20.9. The van der Waals surface area contributed by atoms with Crippen molar-refractivity contribution in [2.24, 2.45) is 0 Å². The second kappa shape index (κ2) is 22.8. The van der Waals surface area contributed by atoms with E-state index in [9.17, 15) is 0 Å². The summed E-state index contributed by atoms with van der Waals surface area (Å²) in [6.07, 6.45) is 28.1. The van der Waals surface area contributed by atoms with Gasteiger partial charge < -0.3 is 8.85 Å². The lowest BCUT2D eigenvalue weighted by molar-refractivity contribution is 0.238. The number of hydrogen-bond donors (Lipinski definition) is 0. The van der Waals surface area contributed by atoms with Crippen molar-refractivity contribution in [3.05, 3.63) is 0 Å². The fraction of sp³-hybridized carbons (Fsp3) is 1.00. The van der Waals surface area contributed by atoms with E-state index in [4.69, 9.17) is 8.85 Å². The maximum atomic E-state index is 5.91. The van der Waals surface area contributed by atoms with E-state index < -0.39 is 8.56 Å². The van der Waals surface area contributed by atoms with E-state index in [1.807, 2.05) is 14.2 Å². The van der Waals surface area contributed by atoms with E-state index in [0.29, 0.717) is 0 Å². The molecule has 0 N–H and O–H groups in total. The molecule has 0 aliphatic carbocycles. The van der Waals surface area contributed by atoms with E-state index in [-0.39, 0.29) is 0 Å². The molecule has 176 valence electrons. The highest BCUT2D eigenvalue weighted by Crippen LogP contribution is 2.25. The molecule has 2 nitrogen and oxygen atoms in total. The fourth-order valence-corrected chi connectivity index (χ4v) is 7.19. The van der Waals surface area contributed by atoms with Gasteiger partial charge in [-0.25, -0.2) is 0 Å². The van der Waals surface area contributed by atoms with Gasteiger partial charge in [0.15, 0.2) is 0 Å². The molecule has 0 amide bonds. The van der Waals surface area contributed by atoms with Crippen LogP contribution in [0.4, 0.5) is 0 Å². The van der Waals surface area contributed by atoms with Crippen LogP contribution in [0.25, 0.3) is 0 Å². The van der Waals surface area contributed by atoms with Gasteiger partial charge in [0.05, 0.1) is 0 Å². The Morgan fingerprint density at radius 2 is 0.621 bits per heavy atom. The molecule has 0 fully saturated rings. The maximum Gasteiger partial charge on any atom is 0.337 e. The van der Waals surface area contributed by atoms with Crippen molar-refractivity contribution >= 4 is 8.56 Å². The van der Waals surface area contributed by atoms with Crippen LogP contribution in [0.15, 0.2) is 0 Å². The molecule has 0 aromatic rings. The van der Waals surface area contributed by atoms with Gasteiger partial charge in [-0.05, 0) is 12.1 Å². The monoisotopic (exact) mass is 428 g/mol. The Hall–Kier alpha value is 0.137. The van der Waals surface area contributed by atoms with E-state index in [1.54, 1.807) is 0 Å². The van der Waals surface area contributed by atoms with Gasteiger partial charge in [0.1, 0.15) is 0 Å². The Kier molecular flexibility index (Phi) is 22.9. The highest BCUT2D eigenvalue weighted by molar-refractivity contribution is 6.67. The van der Waals surface area contributed by atoms with Crippen molar-refractivity contribution in [3.8, 4) is 0 Å². The smallest absolute Gasteiger partial charge is 0.337 e. The molecule has 0 spiro atoms. The van der Waals surface area contributed by atoms with Crippen LogP contribution in [0, 0.1) is 0 Å². The summed E-state index contributed by atoms with van der Waals surface area (Å²) in [6.45, 7) is 4.57. The van der Waals surface area contributed by atoms with Gasteiger partial charge in [0.25, 0.3) is 0 Å². The predicted octanol–water partition coefficient (Wildman–Crippen LogP) is 9.56. The lowest BCUT2D eigenvalue weighted by Crippen LogP contribution is -2.39. The molecular formula is C26H56O2Si. The molecule has 29 heavy (non-hydrogen) atoms. The van der Waals surface area contributed by atoms with Crippen LogP contribution in [0.2, 0.25) is 12.1 Å². The van der Waals surface area contributed by atoms with Crippen LogP contribution < -0.4 is 0 Å². The third-order valence-corrected chi connectivity index (χ3v) is 10.3. The van der Waals surface area contributed by atoms with Crippen molar-refractivity contribution in [3.63, 3.8) is 0 Å². The minimum Gasteiger partial charge on any atom is -0.398 e. The van der Waals surface area contributed by atoms with Crippen LogP contribution in [0.3, 0.4) is 0 Å². The molecule has 0 radical (unpaired) electrons. The van der Waals surface area contributed by atoms with Gasteiger partial charge in [-0.15, -0.1) is 0 Å². The van der Waals surface area contributed by atoms with Crippen LogP contribution in [-0.4, -0.2) is 22.8 Å². The van der Waals surface area contributed by atoms with Gasteiger partial charge >= 0.3 is 8.56 Å². The first-order valence-electron chi connectivity index (χ1n) is 13.3. The minimum atomic E-state index is -1.90. The third-order valence-electron chi connectivity index (χ3n) is 6.57. The third kappa shape index (κ3) is 18.6. The average Bonchev–Trinajstić information content (AvgIpc) is 2.75. The predicted molar refractivity (Wildman–Crippen MR) is 133 cm³/mol. The molecule has 0 aliphatic rings. The average molecular weight is 429 g/mol. The maximum absolute atomic E-state index is 5.91. The van der Waals surface area contributed by atoms with Crippen LogP contribution in [-0.2, 0) is 8.85 Å². The summed E-state index contributed by atoms with van der Waals surface area (Å²) in [6, 6.07) is 2.36. The molecule has 0 atom stereocenters. The summed E-state index contributed by atoms with van der Waals surface area (Å²) in [5, 5.41) is 0. The van der Waals surface area contributed by atoms with Gasteiger partial charge in [-0.2, -0.15) is 0 Å². The lowest BCUT2D eigenvalue weighted by atomic mass is 10.0. The zero-order chi connectivity index (χ0) is 21.5. The first kappa shape index (κ1) is 29.1. The van der Waals surface area contributed by atoms with Gasteiger partial charge in [-0.3, -0.25) is 0 Å². The van der Waals surface area contributed by atoms with Gasteiger partial charge in [-0.1, -0.05) is 142 Å². The Balaban J connectivity index is 3.43. The summed E-state index contributed by atoms with van der Waals surface area (Å²) in [5.41, 5.74) is 0. The Bertz CT molecular complexity index is 305. The first-order valence-corrected chi connectivity index (χ1v) is 15.6. The van der Waals surface area contributed by atoms with Gasteiger partial charge in [0.2, 0.25) is 0 Å². The molecule has 0 heterocycles. The van der Waals surface area contributed by atoms with Crippen LogP contribution in [0.5, 0.6) is 0 Å². The van der Waals surface area contributed by atoms with Crippen molar-refractivity contribution in [1.82, 2.24) is 0 Å². The Labute approximate surface area is 186 Å². The van der Waals surface area contributed by atoms with Gasteiger partial charge in [0, 0.05) is 14.2 Å². The highest BCUT2D eigenvalue weighted by Gasteiger charge is 2.33. The molecule has 0 aromatic heterocycles. The quantitative estimate of drug-likeness (QED) is 0.112. The summed E-state index contributed by atoms with van der Waals surface area (Å²) >= 11 is 0. The number of rotatable bonds is 24. The number of hydrogen-bond acceptors (Lipinski definition) is 2. The molecule has 0 saturated heterocycles. The Morgan fingerprint density at radius 3 is 0.897 bits per heavy atom. The molecular weight excluding hydrogens is 372 g/mol. The lowest BCUT2D eigenvalue weighted by Gasteiger charge is -2.27. The first-order chi connectivity index (χ1) is 14.2. The van der Waals surface area contributed by atoms with Crippen molar-refractivity contribution in [1.29, 1.82) is 0 Å². The summed E-state index contributed by atoms with van der Waals surface area (Å²) in [5.74, 6) is 0. The topological polar surface area (TPSA) is 18.5 Å². The second-order valence-electron chi connectivity index (χ2n) is 9.18. The largest absolute Gasteiger partial charge is 0.398 e. The van der Waals surface area contributed by atoms with Crippen LogP contribution >= 0.6 is 0 Å². The van der Waals surface area contributed by atoms with Crippen molar-refractivity contribution < 1.29 is 8.85 Å². The summed E-state index contributed by atoms with van der Waals surface area (Å²) in [4.78, 5) is 0. The SMILES string of the molecule is CCCCCCCCCCCCCCCCCC[Si](CCCCCC)(OC)OC. The molecule has 0 bridgehead atoms. The molecule has 0 aliphatic heterocycles. The Morgan fingerprint density at radius 1 is 0.379 bits per heavy atom.